The molecular formula is C28H35N5O3. The van der Waals surface area contributed by atoms with Gasteiger partial charge in [0, 0.05) is 69.1 Å². The van der Waals surface area contributed by atoms with Gasteiger partial charge in [-0.25, -0.2) is 0 Å². The van der Waals surface area contributed by atoms with Gasteiger partial charge in [-0.05, 0) is 49.8 Å². The number of carbonyl (C=O) groups excluding carboxylic acids is 3. The lowest BCUT2D eigenvalue weighted by molar-refractivity contribution is -0.134. The van der Waals surface area contributed by atoms with Crippen molar-refractivity contribution in [3.05, 3.63) is 53.1 Å². The summed E-state index contributed by atoms with van der Waals surface area (Å²) >= 11 is 0. The zero-order chi connectivity index (χ0) is 25.3. The molecule has 8 heteroatoms. The van der Waals surface area contributed by atoms with E-state index in [0.29, 0.717) is 38.2 Å². The molecule has 0 N–H and O–H groups in total. The van der Waals surface area contributed by atoms with Gasteiger partial charge >= 0.3 is 0 Å². The highest BCUT2D eigenvalue weighted by molar-refractivity contribution is 5.97. The van der Waals surface area contributed by atoms with Crippen LogP contribution in [0.4, 0.5) is 5.69 Å². The van der Waals surface area contributed by atoms with Gasteiger partial charge in [-0.2, -0.15) is 0 Å². The van der Waals surface area contributed by atoms with E-state index in [1.54, 1.807) is 12.4 Å². The number of anilines is 1. The predicted molar refractivity (Wildman–Crippen MR) is 137 cm³/mol. The van der Waals surface area contributed by atoms with Gasteiger partial charge in [0.15, 0.2) is 0 Å². The van der Waals surface area contributed by atoms with Gasteiger partial charge in [-0.15, -0.1) is 0 Å². The SMILES string of the molecule is CCC(=O)N1CCC2(C1)CN(C(=O)Cc1cnc(C)cn1)c1ccc(CCCC(=O)N3CCC3)cc12. The fraction of sp³-hybridized carbons (Fsp3) is 0.536. The highest BCUT2D eigenvalue weighted by Crippen LogP contribution is 2.47. The van der Waals surface area contributed by atoms with Gasteiger partial charge in [0.1, 0.15) is 0 Å². The maximum absolute atomic E-state index is 13.4. The van der Waals surface area contributed by atoms with Crippen LogP contribution < -0.4 is 4.90 Å². The predicted octanol–water partition coefficient (Wildman–Crippen LogP) is 2.81. The summed E-state index contributed by atoms with van der Waals surface area (Å²) < 4.78 is 0. The van der Waals surface area contributed by atoms with Crippen molar-refractivity contribution in [2.45, 2.75) is 64.2 Å². The number of carbonyl (C=O) groups is 3. The molecule has 2 aromatic rings. The highest BCUT2D eigenvalue weighted by Gasteiger charge is 2.49. The smallest absolute Gasteiger partial charge is 0.233 e. The van der Waals surface area contributed by atoms with E-state index in [1.165, 1.54) is 5.56 Å². The number of benzene rings is 1. The van der Waals surface area contributed by atoms with Gasteiger partial charge in [-0.1, -0.05) is 19.1 Å². The summed E-state index contributed by atoms with van der Waals surface area (Å²) in [6.45, 7) is 7.49. The second-order valence-corrected chi connectivity index (χ2v) is 10.4. The fourth-order valence-corrected chi connectivity index (χ4v) is 5.68. The first kappa shape index (κ1) is 24.4. The maximum Gasteiger partial charge on any atom is 0.233 e. The molecule has 0 bridgehead atoms. The minimum atomic E-state index is -0.252. The van der Waals surface area contributed by atoms with E-state index in [0.717, 1.165) is 55.7 Å². The lowest BCUT2D eigenvalue weighted by atomic mass is 9.80. The molecule has 4 heterocycles. The Morgan fingerprint density at radius 2 is 1.81 bits per heavy atom. The number of amides is 3. The number of hydrogen-bond acceptors (Lipinski definition) is 5. The minimum Gasteiger partial charge on any atom is -0.343 e. The van der Waals surface area contributed by atoms with Crippen LogP contribution in [0, 0.1) is 6.92 Å². The molecule has 36 heavy (non-hydrogen) atoms. The van der Waals surface area contributed by atoms with Crippen LogP contribution >= 0.6 is 0 Å². The zero-order valence-corrected chi connectivity index (χ0v) is 21.3. The third-order valence-corrected chi connectivity index (χ3v) is 7.93. The molecule has 1 unspecified atom stereocenters. The first-order valence-electron chi connectivity index (χ1n) is 13.2. The molecule has 0 aliphatic carbocycles. The van der Waals surface area contributed by atoms with Gasteiger partial charge in [0.25, 0.3) is 0 Å². The summed E-state index contributed by atoms with van der Waals surface area (Å²) in [4.78, 5) is 52.6. The third-order valence-electron chi connectivity index (χ3n) is 7.93. The molecule has 0 saturated carbocycles. The number of aryl methyl sites for hydroxylation is 2. The molecule has 2 fully saturated rings. The second kappa shape index (κ2) is 9.99. The van der Waals surface area contributed by atoms with Gasteiger partial charge in [-0.3, -0.25) is 24.4 Å². The summed E-state index contributed by atoms with van der Waals surface area (Å²) in [6, 6.07) is 6.36. The Labute approximate surface area is 212 Å². The van der Waals surface area contributed by atoms with Gasteiger partial charge < -0.3 is 14.7 Å². The summed E-state index contributed by atoms with van der Waals surface area (Å²) in [5.74, 6) is 0.410. The van der Waals surface area contributed by atoms with E-state index >= 15 is 0 Å². The largest absolute Gasteiger partial charge is 0.343 e. The van der Waals surface area contributed by atoms with Crippen molar-refractivity contribution in [3.63, 3.8) is 0 Å². The number of likely N-dealkylation sites (tertiary alicyclic amines) is 2. The van der Waals surface area contributed by atoms with E-state index in [1.807, 2.05) is 28.5 Å². The topological polar surface area (TPSA) is 86.7 Å². The number of fused-ring (bicyclic) bond motifs is 2. The average Bonchev–Trinajstić information content (AvgIpc) is 3.41. The van der Waals surface area contributed by atoms with Crippen LogP contribution in [0.1, 0.15) is 61.5 Å². The van der Waals surface area contributed by atoms with E-state index in [9.17, 15) is 14.4 Å². The van der Waals surface area contributed by atoms with Crippen LogP contribution in [0.15, 0.2) is 30.6 Å². The molecule has 190 valence electrons. The summed E-state index contributed by atoms with van der Waals surface area (Å²) in [6.07, 6.45) is 8.21. The molecule has 5 rings (SSSR count). The number of hydrogen-bond donors (Lipinski definition) is 0. The summed E-state index contributed by atoms with van der Waals surface area (Å²) in [7, 11) is 0. The van der Waals surface area contributed by atoms with Crippen molar-refractivity contribution >= 4 is 23.4 Å². The Kier molecular flexibility index (Phi) is 6.77. The monoisotopic (exact) mass is 489 g/mol. The van der Waals surface area contributed by atoms with Gasteiger partial charge in [0.05, 0.1) is 17.8 Å². The molecule has 3 amide bonds. The molecule has 1 spiro atoms. The van der Waals surface area contributed by atoms with E-state index in [2.05, 4.69) is 28.2 Å². The van der Waals surface area contributed by atoms with Crippen LogP contribution in [0.5, 0.6) is 0 Å². The normalized spacial score (nSPS) is 20.6. The lowest BCUT2D eigenvalue weighted by Crippen LogP contribution is -2.41. The molecule has 8 nitrogen and oxygen atoms in total. The summed E-state index contributed by atoms with van der Waals surface area (Å²) in [5, 5.41) is 0. The zero-order valence-electron chi connectivity index (χ0n) is 21.3. The Bertz CT molecular complexity index is 1160. The average molecular weight is 490 g/mol. The molecule has 1 aromatic heterocycles. The molecule has 1 aromatic carbocycles. The number of rotatable bonds is 7. The van der Waals surface area contributed by atoms with E-state index in [4.69, 9.17) is 0 Å². The van der Waals surface area contributed by atoms with Crippen molar-refractivity contribution in [1.82, 2.24) is 19.8 Å². The van der Waals surface area contributed by atoms with Crippen molar-refractivity contribution in [2.24, 2.45) is 0 Å². The Balaban J connectivity index is 1.36. The van der Waals surface area contributed by atoms with Crippen LogP contribution in [0.25, 0.3) is 0 Å². The quantitative estimate of drug-likeness (QED) is 0.597. The van der Waals surface area contributed by atoms with Gasteiger partial charge in [0.2, 0.25) is 17.7 Å². The molecule has 3 aliphatic rings. The highest BCUT2D eigenvalue weighted by atomic mass is 16.2. The van der Waals surface area contributed by atoms with Crippen LogP contribution in [-0.4, -0.2) is 70.2 Å². The minimum absolute atomic E-state index is 0.000518. The Hall–Kier alpha value is -3.29. The van der Waals surface area contributed by atoms with E-state index in [-0.39, 0.29) is 29.6 Å². The standard InChI is InChI=1S/C28H35N5O3/c1-3-25(34)32-13-10-28(18-32)19-33(27(36)15-22-17-29-20(2)16-30-22)24-9-8-21(14-23(24)28)6-4-7-26(35)31-11-5-12-31/h8-9,14,16-17H,3-7,10-13,15,18-19H2,1-2H3. The second-order valence-electron chi connectivity index (χ2n) is 10.4. The number of aromatic nitrogens is 2. The first-order chi connectivity index (χ1) is 17.4. The molecular weight excluding hydrogens is 454 g/mol. The van der Waals surface area contributed by atoms with Crippen molar-refractivity contribution < 1.29 is 14.4 Å². The third kappa shape index (κ3) is 4.73. The van der Waals surface area contributed by atoms with Crippen molar-refractivity contribution in [3.8, 4) is 0 Å². The van der Waals surface area contributed by atoms with Crippen LogP contribution in [-0.2, 0) is 32.6 Å². The fourth-order valence-electron chi connectivity index (χ4n) is 5.68. The molecule has 0 radical (unpaired) electrons. The molecule has 2 saturated heterocycles. The Morgan fingerprint density at radius 3 is 2.50 bits per heavy atom. The Morgan fingerprint density at radius 1 is 0.972 bits per heavy atom. The maximum atomic E-state index is 13.4. The molecule has 1 atom stereocenters. The first-order valence-corrected chi connectivity index (χ1v) is 13.2. The van der Waals surface area contributed by atoms with Crippen molar-refractivity contribution in [2.75, 3.05) is 37.6 Å². The summed E-state index contributed by atoms with van der Waals surface area (Å²) in [5.41, 5.74) is 4.50. The van der Waals surface area contributed by atoms with E-state index < -0.39 is 0 Å². The number of nitrogens with zero attached hydrogens (tertiary/aromatic N) is 5. The van der Waals surface area contributed by atoms with Crippen LogP contribution in [0.2, 0.25) is 0 Å². The molecule has 3 aliphatic heterocycles. The van der Waals surface area contributed by atoms with Crippen LogP contribution in [0.3, 0.4) is 0 Å². The van der Waals surface area contributed by atoms with Crippen molar-refractivity contribution in [1.29, 1.82) is 0 Å². The lowest BCUT2D eigenvalue weighted by Gasteiger charge is -2.30.